The minimum atomic E-state index is -4.08. The van der Waals surface area contributed by atoms with Crippen molar-refractivity contribution in [1.82, 2.24) is 4.90 Å². The van der Waals surface area contributed by atoms with E-state index in [1.165, 1.54) is 12.1 Å². The monoisotopic (exact) mass is 527 g/mol. The maximum absolute atomic E-state index is 13.2. The molecule has 1 aliphatic heterocycles. The zero-order chi connectivity index (χ0) is 25.1. The number of ether oxygens (including phenoxy) is 1. The summed E-state index contributed by atoms with van der Waals surface area (Å²) in [5, 5.41) is 9.53. The minimum Gasteiger partial charge on any atom is -0.451 e. The van der Waals surface area contributed by atoms with Gasteiger partial charge in [-0.2, -0.15) is 13.7 Å². The minimum absolute atomic E-state index is 0.0529. The van der Waals surface area contributed by atoms with Crippen LogP contribution in [0.15, 0.2) is 94.2 Å². The van der Waals surface area contributed by atoms with Gasteiger partial charge in [0.15, 0.2) is 5.60 Å². The summed E-state index contributed by atoms with van der Waals surface area (Å²) in [7, 11) is -4.08. The van der Waals surface area contributed by atoms with Gasteiger partial charge in [-0.3, -0.25) is 0 Å². The van der Waals surface area contributed by atoms with Gasteiger partial charge in [-0.15, -0.1) is 4.40 Å². The highest BCUT2D eigenvalue weighted by molar-refractivity contribution is 7.90. The summed E-state index contributed by atoms with van der Waals surface area (Å²) in [5.41, 5.74) is 1.37. The molecule has 1 aliphatic rings. The number of hydrogen-bond acceptors (Lipinski definition) is 4. The maximum Gasteiger partial charge on any atom is 0.304 e. The SMILES string of the molecule is Cc1ccc(S(=O)(=O)/N=C2/OC(CC(Cl)(Cl)C#N)(c3ccccc3)CN2Cc2ccccc2)cc1. The second-order valence-electron chi connectivity index (χ2n) is 8.46. The van der Waals surface area contributed by atoms with E-state index < -0.39 is 20.0 Å². The number of rotatable bonds is 7. The predicted molar refractivity (Wildman–Crippen MR) is 137 cm³/mol. The van der Waals surface area contributed by atoms with Gasteiger partial charge in [0.2, 0.25) is 4.33 Å². The summed E-state index contributed by atoms with van der Waals surface area (Å²) in [6.45, 7) is 2.40. The van der Waals surface area contributed by atoms with Crippen molar-refractivity contribution in [2.75, 3.05) is 6.54 Å². The van der Waals surface area contributed by atoms with Gasteiger partial charge in [0.25, 0.3) is 10.0 Å². The molecule has 3 aromatic carbocycles. The lowest BCUT2D eigenvalue weighted by Gasteiger charge is -2.30. The largest absolute Gasteiger partial charge is 0.451 e. The third kappa shape index (κ3) is 5.79. The van der Waals surface area contributed by atoms with Gasteiger partial charge in [0, 0.05) is 13.0 Å². The highest BCUT2D eigenvalue weighted by Gasteiger charge is 2.50. The Kier molecular flexibility index (Phi) is 7.09. The van der Waals surface area contributed by atoms with Crippen molar-refractivity contribution in [3.05, 3.63) is 102 Å². The van der Waals surface area contributed by atoms with Crippen molar-refractivity contribution in [3.8, 4) is 6.07 Å². The first-order valence-corrected chi connectivity index (χ1v) is 13.1. The van der Waals surface area contributed by atoms with E-state index in [1.807, 2.05) is 73.7 Å². The molecule has 0 N–H and O–H groups in total. The molecule has 1 fully saturated rings. The van der Waals surface area contributed by atoms with Crippen molar-refractivity contribution < 1.29 is 13.2 Å². The summed E-state index contributed by atoms with van der Waals surface area (Å²) < 4.78 is 35.0. The van der Waals surface area contributed by atoms with Crippen LogP contribution < -0.4 is 0 Å². The maximum atomic E-state index is 13.2. The molecule has 1 saturated heterocycles. The first-order chi connectivity index (χ1) is 16.6. The molecule has 3 aromatic rings. The van der Waals surface area contributed by atoms with Crippen LogP contribution in [0.3, 0.4) is 0 Å². The number of benzene rings is 3. The lowest BCUT2D eigenvalue weighted by molar-refractivity contribution is 0.0779. The summed E-state index contributed by atoms with van der Waals surface area (Å²) in [6, 6.07) is 27.0. The van der Waals surface area contributed by atoms with Crippen LogP contribution >= 0.6 is 23.2 Å². The van der Waals surface area contributed by atoms with Crippen LogP contribution in [0.5, 0.6) is 0 Å². The van der Waals surface area contributed by atoms with Gasteiger partial charge >= 0.3 is 6.02 Å². The highest BCUT2D eigenvalue weighted by Crippen LogP contribution is 2.44. The fraction of sp³-hybridized carbons (Fsp3) is 0.231. The van der Waals surface area contributed by atoms with E-state index in [0.717, 1.165) is 11.1 Å². The molecule has 1 heterocycles. The molecule has 1 unspecified atom stereocenters. The molecule has 0 amide bonds. The van der Waals surface area contributed by atoms with Gasteiger partial charge in [-0.05, 0) is 30.2 Å². The zero-order valence-electron chi connectivity index (χ0n) is 18.9. The Balaban J connectivity index is 1.81. The molecular formula is C26H23Cl2N3O3S. The lowest BCUT2D eigenvalue weighted by atomic mass is 9.88. The first kappa shape index (κ1) is 25.1. The van der Waals surface area contributed by atoms with Gasteiger partial charge in [-0.25, -0.2) is 0 Å². The molecule has 0 radical (unpaired) electrons. The Morgan fingerprint density at radius 1 is 1.03 bits per heavy atom. The van der Waals surface area contributed by atoms with E-state index in [4.69, 9.17) is 27.9 Å². The van der Waals surface area contributed by atoms with Crippen molar-refractivity contribution >= 4 is 39.2 Å². The average Bonchev–Trinajstić information content (AvgIpc) is 3.16. The summed E-state index contributed by atoms with van der Waals surface area (Å²) in [6.07, 6.45) is -0.0987. The van der Waals surface area contributed by atoms with E-state index in [-0.39, 0.29) is 23.9 Å². The Hall–Kier alpha value is -3.05. The quantitative estimate of drug-likeness (QED) is 0.376. The van der Waals surface area contributed by atoms with Crippen LogP contribution in [-0.2, 0) is 26.9 Å². The Bertz CT molecular complexity index is 1360. The number of alkyl halides is 2. The number of hydrogen-bond donors (Lipinski definition) is 0. The number of amidine groups is 1. The molecule has 0 spiro atoms. The average molecular weight is 528 g/mol. The first-order valence-electron chi connectivity index (χ1n) is 10.9. The molecule has 0 aromatic heterocycles. The number of nitrogens with zero attached hydrogens (tertiary/aromatic N) is 3. The Morgan fingerprint density at radius 2 is 1.63 bits per heavy atom. The van der Waals surface area contributed by atoms with E-state index in [9.17, 15) is 13.7 Å². The predicted octanol–water partition coefficient (Wildman–Crippen LogP) is 5.56. The number of nitriles is 1. The molecule has 1 atom stereocenters. The lowest BCUT2D eigenvalue weighted by Crippen LogP contribution is -2.37. The van der Waals surface area contributed by atoms with Crippen LogP contribution in [0.25, 0.3) is 0 Å². The van der Waals surface area contributed by atoms with Gasteiger partial charge < -0.3 is 9.64 Å². The summed E-state index contributed by atoms with van der Waals surface area (Å²) in [5.74, 6) is 0. The third-order valence-corrected chi connectivity index (χ3v) is 7.41. The Labute approximate surface area is 215 Å². The number of sulfonamides is 1. The Morgan fingerprint density at radius 3 is 2.23 bits per heavy atom. The molecule has 6 nitrogen and oxygen atoms in total. The van der Waals surface area contributed by atoms with Crippen LogP contribution in [-0.4, -0.2) is 30.2 Å². The molecule has 0 aliphatic carbocycles. The van der Waals surface area contributed by atoms with Crippen LogP contribution in [0.1, 0.15) is 23.1 Å². The highest BCUT2D eigenvalue weighted by atomic mass is 35.5. The normalized spacial score (nSPS) is 19.4. The standard InChI is InChI=1S/C26H23Cl2N3O3S/c1-20-12-14-23(15-13-20)35(32,33)30-24-31(16-21-8-4-2-5-9-21)19-25(34-24,17-26(27,28)18-29)22-10-6-3-7-11-22/h2-15H,16-17,19H2,1H3/b30-24+. The van der Waals surface area contributed by atoms with Gasteiger partial charge in [-0.1, -0.05) is 102 Å². The molecule has 4 rings (SSSR count). The number of halogens is 2. The van der Waals surface area contributed by atoms with Gasteiger partial charge in [0.05, 0.1) is 11.4 Å². The second kappa shape index (κ2) is 9.90. The molecule has 9 heteroatoms. The van der Waals surface area contributed by atoms with Crippen LogP contribution in [0, 0.1) is 18.3 Å². The fourth-order valence-electron chi connectivity index (χ4n) is 4.00. The van der Waals surface area contributed by atoms with Crippen molar-refractivity contribution in [3.63, 3.8) is 0 Å². The molecule has 0 saturated carbocycles. The van der Waals surface area contributed by atoms with Crippen molar-refractivity contribution in [2.24, 2.45) is 4.40 Å². The molecule has 0 bridgehead atoms. The topological polar surface area (TPSA) is 82.8 Å². The van der Waals surface area contributed by atoms with E-state index >= 15 is 0 Å². The molecule has 35 heavy (non-hydrogen) atoms. The summed E-state index contributed by atoms with van der Waals surface area (Å²) in [4.78, 5) is 1.78. The zero-order valence-corrected chi connectivity index (χ0v) is 21.3. The molecule has 180 valence electrons. The van der Waals surface area contributed by atoms with Crippen LogP contribution in [0.4, 0.5) is 0 Å². The van der Waals surface area contributed by atoms with Crippen molar-refractivity contribution in [1.29, 1.82) is 5.26 Å². The van der Waals surface area contributed by atoms with Gasteiger partial charge in [0.1, 0.15) is 6.07 Å². The number of aryl methyl sites for hydroxylation is 1. The smallest absolute Gasteiger partial charge is 0.304 e. The van der Waals surface area contributed by atoms with Crippen LogP contribution in [0.2, 0.25) is 0 Å². The van der Waals surface area contributed by atoms with E-state index in [2.05, 4.69) is 4.40 Å². The van der Waals surface area contributed by atoms with Crippen molar-refractivity contribution in [2.45, 2.75) is 34.7 Å². The van der Waals surface area contributed by atoms with E-state index in [1.54, 1.807) is 17.0 Å². The molecular weight excluding hydrogens is 505 g/mol. The third-order valence-electron chi connectivity index (χ3n) is 5.71. The van der Waals surface area contributed by atoms with E-state index in [0.29, 0.717) is 12.1 Å². The summed E-state index contributed by atoms with van der Waals surface area (Å²) >= 11 is 12.6. The fourth-order valence-corrected chi connectivity index (χ4v) is 5.38. The second-order valence-corrected chi connectivity index (χ2v) is 11.5.